The van der Waals surface area contributed by atoms with Gasteiger partial charge in [-0.2, -0.15) is 0 Å². The van der Waals surface area contributed by atoms with E-state index in [1.165, 1.54) is 0 Å². The quantitative estimate of drug-likeness (QED) is 0.805. The highest BCUT2D eigenvalue weighted by atomic mass is 16.5. The van der Waals surface area contributed by atoms with E-state index < -0.39 is 0 Å². The summed E-state index contributed by atoms with van der Waals surface area (Å²) in [5, 5.41) is 8.77. The average Bonchev–Trinajstić information content (AvgIpc) is 2.31. The van der Waals surface area contributed by atoms with Gasteiger partial charge in [0.1, 0.15) is 5.75 Å². The van der Waals surface area contributed by atoms with Gasteiger partial charge in [-0.05, 0) is 24.1 Å². The van der Waals surface area contributed by atoms with Crippen LogP contribution in [-0.2, 0) is 11.2 Å². The number of amides is 1. The molecule has 0 spiro atoms. The third kappa shape index (κ3) is 4.87. The van der Waals surface area contributed by atoms with E-state index in [-0.39, 0.29) is 12.5 Å². The van der Waals surface area contributed by atoms with Crippen molar-refractivity contribution >= 4 is 5.91 Å². The van der Waals surface area contributed by atoms with Crippen molar-refractivity contribution < 1.29 is 14.6 Å². The van der Waals surface area contributed by atoms with E-state index in [9.17, 15) is 4.79 Å². The Morgan fingerprint density at radius 1 is 1.29 bits per heavy atom. The number of nitrogens with zero attached hydrogens (tertiary/aromatic N) is 1. The van der Waals surface area contributed by atoms with Crippen molar-refractivity contribution in [2.75, 3.05) is 27.3 Å². The van der Waals surface area contributed by atoms with Crippen LogP contribution in [-0.4, -0.2) is 43.2 Å². The molecule has 0 atom stereocenters. The molecule has 0 unspecified atom stereocenters. The minimum Gasteiger partial charge on any atom is -0.493 e. The first kappa shape index (κ1) is 13.5. The smallest absolute Gasteiger partial charge is 0.225 e. The van der Waals surface area contributed by atoms with E-state index in [0.29, 0.717) is 19.4 Å². The SMILES string of the molecule is CN(C)C(=O)CCOc1ccc(CCO)cc1. The van der Waals surface area contributed by atoms with Gasteiger partial charge in [0.25, 0.3) is 0 Å². The van der Waals surface area contributed by atoms with E-state index in [2.05, 4.69) is 0 Å². The summed E-state index contributed by atoms with van der Waals surface area (Å²) in [6.45, 7) is 0.536. The van der Waals surface area contributed by atoms with Crippen molar-refractivity contribution in [2.24, 2.45) is 0 Å². The summed E-state index contributed by atoms with van der Waals surface area (Å²) >= 11 is 0. The first-order valence-corrected chi connectivity index (χ1v) is 5.66. The first-order valence-electron chi connectivity index (χ1n) is 5.66. The number of aliphatic hydroxyl groups is 1. The van der Waals surface area contributed by atoms with Crippen molar-refractivity contribution in [3.05, 3.63) is 29.8 Å². The van der Waals surface area contributed by atoms with Crippen LogP contribution in [0, 0.1) is 0 Å². The van der Waals surface area contributed by atoms with Gasteiger partial charge in [-0.1, -0.05) is 12.1 Å². The third-order valence-corrected chi connectivity index (χ3v) is 2.41. The Hall–Kier alpha value is -1.55. The lowest BCUT2D eigenvalue weighted by molar-refractivity contribution is -0.129. The fraction of sp³-hybridized carbons (Fsp3) is 0.462. The van der Waals surface area contributed by atoms with Gasteiger partial charge in [0.05, 0.1) is 13.0 Å². The average molecular weight is 237 g/mol. The highest BCUT2D eigenvalue weighted by Gasteiger charge is 2.03. The summed E-state index contributed by atoms with van der Waals surface area (Å²) in [4.78, 5) is 12.8. The minimum absolute atomic E-state index is 0.0573. The third-order valence-electron chi connectivity index (χ3n) is 2.41. The van der Waals surface area contributed by atoms with Crippen molar-refractivity contribution in [3.63, 3.8) is 0 Å². The van der Waals surface area contributed by atoms with E-state index >= 15 is 0 Å². The number of carbonyl (C=O) groups excluding carboxylic acids is 1. The molecular formula is C13H19NO3. The van der Waals surface area contributed by atoms with Gasteiger partial charge in [0, 0.05) is 20.7 Å². The largest absolute Gasteiger partial charge is 0.493 e. The zero-order valence-electron chi connectivity index (χ0n) is 10.3. The van der Waals surface area contributed by atoms with Gasteiger partial charge in [-0.3, -0.25) is 4.79 Å². The summed E-state index contributed by atoms with van der Waals surface area (Å²) in [5.74, 6) is 0.806. The van der Waals surface area contributed by atoms with Crippen LogP contribution < -0.4 is 4.74 Å². The molecule has 17 heavy (non-hydrogen) atoms. The number of rotatable bonds is 6. The second kappa shape index (κ2) is 6.91. The van der Waals surface area contributed by atoms with Gasteiger partial charge < -0.3 is 14.7 Å². The number of ether oxygens (including phenoxy) is 1. The molecule has 0 aliphatic rings. The second-order valence-corrected chi connectivity index (χ2v) is 4.00. The van der Waals surface area contributed by atoms with Crippen molar-refractivity contribution in [1.82, 2.24) is 4.90 Å². The Labute approximate surface area is 102 Å². The van der Waals surface area contributed by atoms with Crippen molar-refractivity contribution in [3.8, 4) is 5.75 Å². The number of hydrogen-bond donors (Lipinski definition) is 1. The zero-order chi connectivity index (χ0) is 12.7. The Kier molecular flexibility index (Phi) is 5.49. The highest BCUT2D eigenvalue weighted by molar-refractivity contribution is 5.75. The molecule has 0 saturated carbocycles. The predicted molar refractivity (Wildman–Crippen MR) is 66.0 cm³/mol. The maximum absolute atomic E-state index is 11.3. The van der Waals surface area contributed by atoms with Crippen LogP contribution in [0.5, 0.6) is 5.75 Å². The molecule has 1 aromatic rings. The molecule has 0 radical (unpaired) electrons. The van der Waals surface area contributed by atoms with Crippen molar-refractivity contribution in [1.29, 1.82) is 0 Å². The summed E-state index contributed by atoms with van der Waals surface area (Å²) in [5.41, 5.74) is 1.07. The number of aliphatic hydroxyl groups excluding tert-OH is 1. The number of hydrogen-bond acceptors (Lipinski definition) is 3. The van der Waals surface area contributed by atoms with Gasteiger partial charge in [-0.15, -0.1) is 0 Å². The summed E-state index contributed by atoms with van der Waals surface area (Å²) in [6, 6.07) is 7.54. The standard InChI is InChI=1S/C13H19NO3/c1-14(2)13(16)8-10-17-12-5-3-11(4-6-12)7-9-15/h3-6,15H,7-10H2,1-2H3. The molecule has 4 nitrogen and oxygen atoms in total. The highest BCUT2D eigenvalue weighted by Crippen LogP contribution is 2.12. The molecule has 1 amide bonds. The van der Waals surface area contributed by atoms with Gasteiger partial charge in [-0.25, -0.2) is 0 Å². The second-order valence-electron chi connectivity index (χ2n) is 4.00. The predicted octanol–water partition coefficient (Wildman–Crippen LogP) is 1.08. The van der Waals surface area contributed by atoms with Crippen molar-refractivity contribution in [2.45, 2.75) is 12.8 Å². The van der Waals surface area contributed by atoms with Crippen LogP contribution in [0.1, 0.15) is 12.0 Å². The fourth-order valence-electron chi connectivity index (χ4n) is 1.36. The zero-order valence-corrected chi connectivity index (χ0v) is 10.3. The Bertz CT molecular complexity index is 346. The Balaban J connectivity index is 2.34. The van der Waals surface area contributed by atoms with E-state index in [1.54, 1.807) is 19.0 Å². The molecule has 1 N–H and O–H groups in total. The lowest BCUT2D eigenvalue weighted by Crippen LogP contribution is -2.23. The Morgan fingerprint density at radius 3 is 2.47 bits per heavy atom. The molecule has 0 aromatic heterocycles. The normalized spacial score (nSPS) is 10.1. The summed E-state index contributed by atoms with van der Waals surface area (Å²) in [7, 11) is 3.46. The minimum atomic E-state index is 0.0573. The van der Waals surface area contributed by atoms with Crippen LogP contribution >= 0.6 is 0 Å². The fourth-order valence-corrected chi connectivity index (χ4v) is 1.36. The molecule has 1 rings (SSSR count). The van der Waals surface area contributed by atoms with Gasteiger partial charge >= 0.3 is 0 Å². The van der Waals surface area contributed by atoms with Crippen LogP contribution in [0.2, 0.25) is 0 Å². The summed E-state index contributed by atoms with van der Waals surface area (Å²) in [6.07, 6.45) is 1.03. The molecule has 0 bridgehead atoms. The topological polar surface area (TPSA) is 49.8 Å². The van der Waals surface area contributed by atoms with Gasteiger partial charge in [0.15, 0.2) is 0 Å². The molecule has 1 aromatic carbocycles. The molecule has 0 saturated heterocycles. The maximum Gasteiger partial charge on any atom is 0.225 e. The van der Waals surface area contributed by atoms with E-state index in [4.69, 9.17) is 9.84 Å². The summed E-state index contributed by atoms with van der Waals surface area (Å²) < 4.78 is 5.45. The lowest BCUT2D eigenvalue weighted by Gasteiger charge is -2.11. The monoisotopic (exact) mass is 237 g/mol. The van der Waals surface area contributed by atoms with Crippen LogP contribution in [0.4, 0.5) is 0 Å². The Morgan fingerprint density at radius 2 is 1.94 bits per heavy atom. The molecule has 0 aliphatic heterocycles. The molecule has 4 heteroatoms. The van der Waals surface area contributed by atoms with Crippen LogP contribution in [0.15, 0.2) is 24.3 Å². The molecular weight excluding hydrogens is 218 g/mol. The molecule has 0 heterocycles. The number of benzene rings is 1. The molecule has 94 valence electrons. The molecule has 0 aliphatic carbocycles. The van der Waals surface area contributed by atoms with Gasteiger partial charge in [0.2, 0.25) is 5.91 Å². The van der Waals surface area contributed by atoms with Crippen LogP contribution in [0.25, 0.3) is 0 Å². The van der Waals surface area contributed by atoms with Crippen LogP contribution in [0.3, 0.4) is 0 Å². The lowest BCUT2D eigenvalue weighted by atomic mass is 10.1. The molecule has 0 fully saturated rings. The maximum atomic E-state index is 11.3. The van der Waals surface area contributed by atoms with E-state index in [0.717, 1.165) is 11.3 Å². The number of carbonyl (C=O) groups is 1. The first-order chi connectivity index (χ1) is 8.13. The van der Waals surface area contributed by atoms with E-state index in [1.807, 2.05) is 24.3 Å².